The average Bonchev–Trinajstić information content (AvgIpc) is 2.82. The second-order valence-corrected chi connectivity index (χ2v) is 5.77. The molecule has 2 rings (SSSR count). The summed E-state index contributed by atoms with van der Waals surface area (Å²) in [7, 11) is -3.39. The van der Waals surface area contributed by atoms with Crippen molar-refractivity contribution in [2.75, 3.05) is 19.6 Å². The van der Waals surface area contributed by atoms with Crippen LogP contribution in [0.1, 0.15) is 12.8 Å². The number of nitrogens with one attached hydrogen (secondary N) is 3. The lowest BCUT2D eigenvalue weighted by Gasteiger charge is -2.22. The van der Waals surface area contributed by atoms with Crippen molar-refractivity contribution in [1.29, 1.82) is 0 Å². The van der Waals surface area contributed by atoms with E-state index in [4.69, 9.17) is 0 Å². The summed E-state index contributed by atoms with van der Waals surface area (Å²) >= 11 is 0. The minimum atomic E-state index is -3.39. The number of hydrogen-bond donors (Lipinski definition) is 3. The molecule has 1 unspecified atom stereocenters. The van der Waals surface area contributed by atoms with Crippen LogP contribution in [0.2, 0.25) is 0 Å². The minimum absolute atomic E-state index is 0.191. The molecule has 0 aromatic carbocycles. The lowest BCUT2D eigenvalue weighted by molar-refractivity contribution is 0.376. The zero-order valence-corrected chi connectivity index (χ0v) is 9.76. The van der Waals surface area contributed by atoms with Gasteiger partial charge in [-0.05, 0) is 31.8 Å². The van der Waals surface area contributed by atoms with Gasteiger partial charge in [0.2, 0.25) is 10.0 Å². The fourth-order valence-electron chi connectivity index (χ4n) is 1.80. The summed E-state index contributed by atoms with van der Waals surface area (Å²) < 4.78 is 26.1. The lowest BCUT2D eigenvalue weighted by atomic mass is 10.0. The molecule has 1 aliphatic heterocycles. The molecule has 1 aromatic rings. The van der Waals surface area contributed by atoms with Gasteiger partial charge in [-0.15, -0.1) is 0 Å². The zero-order chi connectivity index (χ0) is 11.4. The number of rotatable bonds is 4. The van der Waals surface area contributed by atoms with E-state index in [2.05, 4.69) is 20.2 Å². The van der Waals surface area contributed by atoms with Gasteiger partial charge < -0.3 is 5.32 Å². The van der Waals surface area contributed by atoms with Crippen LogP contribution in [-0.2, 0) is 10.0 Å². The van der Waals surface area contributed by atoms with Crippen LogP contribution in [0.3, 0.4) is 0 Å². The molecule has 6 nitrogen and oxygen atoms in total. The molecule has 0 amide bonds. The van der Waals surface area contributed by atoms with Gasteiger partial charge in [-0.25, -0.2) is 13.1 Å². The second kappa shape index (κ2) is 4.94. The molecule has 0 saturated carbocycles. The number of nitrogens with zero attached hydrogens (tertiary/aromatic N) is 1. The summed E-state index contributed by atoms with van der Waals surface area (Å²) in [5, 5.41) is 9.37. The molecule has 1 atom stereocenters. The van der Waals surface area contributed by atoms with Gasteiger partial charge in [0.15, 0.2) is 0 Å². The molecular formula is C9H16N4O2S. The van der Waals surface area contributed by atoms with Gasteiger partial charge in [-0.3, -0.25) is 5.10 Å². The molecule has 7 heteroatoms. The van der Waals surface area contributed by atoms with E-state index in [0.29, 0.717) is 12.5 Å². The maximum Gasteiger partial charge on any atom is 0.243 e. The molecule has 1 aromatic heterocycles. The number of aromatic nitrogens is 2. The van der Waals surface area contributed by atoms with E-state index in [0.717, 1.165) is 25.9 Å². The molecule has 3 N–H and O–H groups in total. The Balaban J connectivity index is 1.89. The van der Waals surface area contributed by atoms with Crippen LogP contribution in [0.25, 0.3) is 0 Å². The number of aromatic amines is 1. The summed E-state index contributed by atoms with van der Waals surface area (Å²) in [6.45, 7) is 2.40. The highest BCUT2D eigenvalue weighted by atomic mass is 32.2. The molecule has 90 valence electrons. The van der Waals surface area contributed by atoms with Crippen LogP contribution in [0.15, 0.2) is 17.3 Å². The van der Waals surface area contributed by atoms with Crippen molar-refractivity contribution in [1.82, 2.24) is 20.2 Å². The van der Waals surface area contributed by atoms with E-state index in [9.17, 15) is 8.42 Å². The first-order valence-corrected chi connectivity index (χ1v) is 6.86. The highest BCUT2D eigenvalue weighted by molar-refractivity contribution is 7.89. The maximum absolute atomic E-state index is 11.7. The third-order valence-electron chi connectivity index (χ3n) is 2.74. The Hall–Kier alpha value is -0.920. The lowest BCUT2D eigenvalue weighted by Crippen LogP contribution is -2.38. The van der Waals surface area contributed by atoms with E-state index in [1.165, 1.54) is 12.4 Å². The van der Waals surface area contributed by atoms with E-state index in [-0.39, 0.29) is 4.90 Å². The van der Waals surface area contributed by atoms with Crippen molar-refractivity contribution >= 4 is 10.0 Å². The highest BCUT2D eigenvalue weighted by Gasteiger charge is 2.19. The summed E-state index contributed by atoms with van der Waals surface area (Å²) in [5.74, 6) is 0.385. The average molecular weight is 244 g/mol. The normalized spacial score (nSPS) is 22.1. The third-order valence-corrected chi connectivity index (χ3v) is 4.13. The van der Waals surface area contributed by atoms with Crippen molar-refractivity contribution in [2.45, 2.75) is 17.7 Å². The molecule has 0 bridgehead atoms. The molecule has 0 spiro atoms. The van der Waals surface area contributed by atoms with Gasteiger partial charge in [0.1, 0.15) is 4.90 Å². The number of sulfonamides is 1. The standard InChI is InChI=1S/C9H16N4O2S/c14-16(15,9-6-11-12-7-9)13-5-8-2-1-3-10-4-8/h6-8,10,13H,1-5H2,(H,11,12). The molecule has 2 heterocycles. The smallest absolute Gasteiger partial charge is 0.243 e. The Morgan fingerprint density at radius 3 is 3.06 bits per heavy atom. The van der Waals surface area contributed by atoms with Gasteiger partial charge in [-0.2, -0.15) is 5.10 Å². The Bertz CT molecular complexity index is 409. The van der Waals surface area contributed by atoms with E-state index in [1.807, 2.05) is 0 Å². The highest BCUT2D eigenvalue weighted by Crippen LogP contribution is 2.10. The SMILES string of the molecule is O=S(=O)(NCC1CCCNC1)c1cn[nH]c1. The first-order valence-electron chi connectivity index (χ1n) is 5.37. The van der Waals surface area contributed by atoms with Crippen molar-refractivity contribution in [2.24, 2.45) is 5.92 Å². The number of H-pyrrole nitrogens is 1. The van der Waals surface area contributed by atoms with Gasteiger partial charge in [0.05, 0.1) is 6.20 Å². The van der Waals surface area contributed by atoms with Crippen LogP contribution >= 0.6 is 0 Å². The number of hydrogen-bond acceptors (Lipinski definition) is 4. The van der Waals surface area contributed by atoms with Crippen molar-refractivity contribution in [3.63, 3.8) is 0 Å². The van der Waals surface area contributed by atoms with Crippen LogP contribution < -0.4 is 10.0 Å². The summed E-state index contributed by atoms with van der Waals surface area (Å²) in [6.07, 6.45) is 4.86. The van der Waals surface area contributed by atoms with Crippen molar-refractivity contribution in [3.05, 3.63) is 12.4 Å². The predicted molar refractivity (Wildman–Crippen MR) is 59.4 cm³/mol. The molecule has 1 aliphatic rings. The quantitative estimate of drug-likeness (QED) is 0.678. The fraction of sp³-hybridized carbons (Fsp3) is 0.667. The predicted octanol–water partition coefficient (Wildman–Crippen LogP) is -0.312. The molecule has 16 heavy (non-hydrogen) atoms. The van der Waals surface area contributed by atoms with Crippen LogP contribution in [0.4, 0.5) is 0 Å². The molecular weight excluding hydrogens is 228 g/mol. The van der Waals surface area contributed by atoms with Crippen LogP contribution in [-0.4, -0.2) is 38.2 Å². The fourth-order valence-corrected chi connectivity index (χ4v) is 2.82. The first kappa shape index (κ1) is 11.6. The molecule has 1 saturated heterocycles. The van der Waals surface area contributed by atoms with Gasteiger partial charge in [0.25, 0.3) is 0 Å². The molecule has 0 radical (unpaired) electrons. The molecule has 1 fully saturated rings. The summed E-state index contributed by atoms with van der Waals surface area (Å²) in [6, 6.07) is 0. The van der Waals surface area contributed by atoms with E-state index < -0.39 is 10.0 Å². The largest absolute Gasteiger partial charge is 0.316 e. The Morgan fingerprint density at radius 2 is 2.44 bits per heavy atom. The maximum atomic E-state index is 11.7. The van der Waals surface area contributed by atoms with Crippen LogP contribution in [0.5, 0.6) is 0 Å². The first-order chi connectivity index (χ1) is 7.68. The minimum Gasteiger partial charge on any atom is -0.316 e. The zero-order valence-electron chi connectivity index (χ0n) is 8.94. The monoisotopic (exact) mass is 244 g/mol. The van der Waals surface area contributed by atoms with E-state index in [1.54, 1.807) is 0 Å². The van der Waals surface area contributed by atoms with Crippen molar-refractivity contribution in [3.8, 4) is 0 Å². The Morgan fingerprint density at radius 1 is 1.56 bits per heavy atom. The van der Waals surface area contributed by atoms with Gasteiger partial charge in [-0.1, -0.05) is 0 Å². The molecule has 0 aliphatic carbocycles. The summed E-state index contributed by atoms with van der Waals surface area (Å²) in [5.41, 5.74) is 0. The topological polar surface area (TPSA) is 86.9 Å². The number of piperidine rings is 1. The van der Waals surface area contributed by atoms with Crippen LogP contribution in [0, 0.1) is 5.92 Å². The van der Waals surface area contributed by atoms with E-state index >= 15 is 0 Å². The van der Waals surface area contributed by atoms with Gasteiger partial charge in [0, 0.05) is 12.7 Å². The summed E-state index contributed by atoms with van der Waals surface area (Å²) in [4.78, 5) is 0.191. The second-order valence-electron chi connectivity index (χ2n) is 4.00. The van der Waals surface area contributed by atoms with Crippen molar-refractivity contribution < 1.29 is 8.42 Å². The third kappa shape index (κ3) is 2.81. The Labute approximate surface area is 94.9 Å². The van der Waals surface area contributed by atoms with Gasteiger partial charge >= 0.3 is 0 Å². The Kier molecular flexibility index (Phi) is 3.57.